The van der Waals surface area contributed by atoms with Gasteiger partial charge in [-0.25, -0.2) is 13.8 Å². The van der Waals surface area contributed by atoms with Crippen molar-refractivity contribution in [2.24, 2.45) is 5.92 Å². The van der Waals surface area contributed by atoms with Gasteiger partial charge in [0.25, 0.3) is 5.56 Å². The molecule has 0 bridgehead atoms. The molecule has 0 aliphatic carbocycles. The minimum absolute atomic E-state index is 0.00189. The lowest BCUT2D eigenvalue weighted by molar-refractivity contribution is -0.155. The molecule has 2 aliphatic rings. The predicted molar refractivity (Wildman–Crippen MR) is 115 cm³/mol. The zero-order valence-corrected chi connectivity index (χ0v) is 20.3. The molecule has 13 nitrogen and oxygen atoms in total. The third-order valence-corrected chi connectivity index (χ3v) is 6.50. The molecule has 35 heavy (non-hydrogen) atoms. The number of hydrogen-bond donors (Lipinski definition) is 1. The Labute approximate surface area is 199 Å². The van der Waals surface area contributed by atoms with Crippen LogP contribution in [0.1, 0.15) is 39.8 Å². The number of H-pyrrole nitrogens is 1. The fourth-order valence-electron chi connectivity index (χ4n) is 3.44. The van der Waals surface area contributed by atoms with Gasteiger partial charge in [-0.3, -0.25) is 37.5 Å². The van der Waals surface area contributed by atoms with Gasteiger partial charge in [-0.2, -0.15) is 0 Å². The molecule has 1 unspecified atom stereocenters. The molecule has 3 rings (SSSR count). The largest absolute Gasteiger partial charge is 0.474 e. The molecule has 1 aromatic rings. The van der Waals surface area contributed by atoms with Gasteiger partial charge in [0, 0.05) is 24.6 Å². The first-order chi connectivity index (χ1) is 16.5. The van der Waals surface area contributed by atoms with E-state index >= 15 is 4.39 Å². The molecule has 3 heterocycles. The monoisotopic (exact) mass is 522 g/mol. The van der Waals surface area contributed by atoms with Crippen LogP contribution < -0.4 is 11.2 Å². The molecule has 4 atom stereocenters. The van der Waals surface area contributed by atoms with Gasteiger partial charge in [-0.05, 0) is 13.8 Å². The molecule has 15 heteroatoms. The van der Waals surface area contributed by atoms with Crippen LogP contribution >= 0.6 is 7.82 Å². The number of phosphoric acid groups is 1. The quantitative estimate of drug-likeness (QED) is 0.367. The van der Waals surface area contributed by atoms with Crippen molar-refractivity contribution in [3.63, 3.8) is 0 Å². The Morgan fingerprint density at radius 2 is 1.94 bits per heavy atom. The van der Waals surface area contributed by atoms with Crippen molar-refractivity contribution in [2.75, 3.05) is 19.8 Å². The Bertz CT molecular complexity index is 1060. The number of aromatic nitrogens is 2. The van der Waals surface area contributed by atoms with Crippen LogP contribution in [0.2, 0.25) is 0 Å². The summed E-state index contributed by atoms with van der Waals surface area (Å²) in [5.41, 5.74) is -1.62. The Balaban J connectivity index is 1.64. The maximum Gasteiger partial charge on any atom is 0.474 e. The van der Waals surface area contributed by atoms with E-state index in [2.05, 4.69) is 0 Å². The van der Waals surface area contributed by atoms with Crippen LogP contribution in [0.4, 0.5) is 4.39 Å². The number of rotatable bonds is 9. The van der Waals surface area contributed by atoms with Crippen molar-refractivity contribution in [2.45, 2.75) is 64.3 Å². The van der Waals surface area contributed by atoms with E-state index in [1.54, 1.807) is 13.8 Å². The summed E-state index contributed by atoms with van der Waals surface area (Å²) in [6.07, 6.45) is -5.62. The summed E-state index contributed by atoms with van der Waals surface area (Å²) in [6.45, 7) is 4.16. The number of halogens is 1. The van der Waals surface area contributed by atoms with Gasteiger partial charge in [0.2, 0.25) is 0 Å². The van der Waals surface area contributed by atoms with Crippen molar-refractivity contribution >= 4 is 19.8 Å². The molecule has 0 radical (unpaired) electrons. The average molecular weight is 522 g/mol. The van der Waals surface area contributed by atoms with Gasteiger partial charge in [-0.1, -0.05) is 6.92 Å². The van der Waals surface area contributed by atoms with Crippen molar-refractivity contribution in [1.82, 2.24) is 9.55 Å². The molecule has 1 N–H and O–H groups in total. The smallest absolute Gasteiger partial charge is 0.463 e. The van der Waals surface area contributed by atoms with Crippen LogP contribution in [0.15, 0.2) is 21.9 Å². The van der Waals surface area contributed by atoms with Crippen molar-refractivity contribution in [3.05, 3.63) is 33.1 Å². The summed E-state index contributed by atoms with van der Waals surface area (Å²) in [7, 11) is -4.08. The number of aromatic amines is 1. The molecule has 2 saturated heterocycles. The highest BCUT2D eigenvalue weighted by molar-refractivity contribution is 7.48. The summed E-state index contributed by atoms with van der Waals surface area (Å²) >= 11 is 0. The minimum Gasteiger partial charge on any atom is -0.463 e. The topological polar surface area (TPSA) is 161 Å². The number of carbonyl (C=O) groups is 2. The van der Waals surface area contributed by atoms with Crippen LogP contribution in [-0.2, 0) is 41.9 Å². The fraction of sp³-hybridized carbons (Fsp3) is 0.700. The zero-order valence-electron chi connectivity index (χ0n) is 19.4. The van der Waals surface area contributed by atoms with Crippen molar-refractivity contribution < 1.29 is 46.3 Å². The standard InChI is InChI=1S/C20H28FN2O11P/c1-4-15(25)34-18-13(33-19(17(18)21)23-6-5-14(24)22-20(23)27)10-31-35(28)29-8-12(9-30-35)7-16(26)32-11(2)3/h5-6,11-13,17-19H,4,7-10H2,1-3H3,(H,22,24,27)/t12?,13?,17-,18-,19-,35?/m1/s1. The average Bonchev–Trinajstić information content (AvgIpc) is 3.08. The molecule has 0 amide bonds. The van der Waals surface area contributed by atoms with E-state index in [1.165, 1.54) is 6.92 Å². The van der Waals surface area contributed by atoms with E-state index in [1.807, 2.05) is 4.98 Å². The fourth-order valence-corrected chi connectivity index (χ4v) is 4.78. The second-order valence-electron chi connectivity index (χ2n) is 8.28. The van der Waals surface area contributed by atoms with Crippen LogP contribution in [0.25, 0.3) is 0 Å². The zero-order chi connectivity index (χ0) is 25.8. The highest BCUT2D eigenvalue weighted by Crippen LogP contribution is 2.53. The molecule has 196 valence electrons. The Morgan fingerprint density at radius 1 is 1.26 bits per heavy atom. The Hall–Kier alpha value is -2.38. The van der Waals surface area contributed by atoms with Crippen molar-refractivity contribution in [3.8, 4) is 0 Å². The van der Waals surface area contributed by atoms with E-state index in [-0.39, 0.29) is 32.2 Å². The molecule has 0 aromatic carbocycles. The van der Waals surface area contributed by atoms with E-state index in [9.17, 15) is 23.7 Å². The molecule has 2 aliphatic heterocycles. The van der Waals surface area contributed by atoms with Crippen LogP contribution in [0, 0.1) is 5.92 Å². The molecule has 2 fully saturated rings. The number of hydrogen-bond acceptors (Lipinski definition) is 11. The number of nitrogens with one attached hydrogen (secondary N) is 1. The normalized spacial score (nSPS) is 30.8. The highest BCUT2D eigenvalue weighted by atomic mass is 31.2. The number of esters is 2. The van der Waals surface area contributed by atoms with E-state index in [4.69, 9.17) is 27.8 Å². The lowest BCUT2D eigenvalue weighted by Gasteiger charge is -2.28. The van der Waals surface area contributed by atoms with Gasteiger partial charge >= 0.3 is 25.5 Å². The SMILES string of the molecule is CCC(=O)O[C@@H]1C(COP2(=O)OCC(CC(=O)OC(C)C)CO2)O[C@@H](n2ccc(=O)[nH]c2=O)[C@@H]1F. The Kier molecular flexibility index (Phi) is 9.00. The third-order valence-electron chi connectivity index (χ3n) is 5.10. The Morgan fingerprint density at radius 3 is 2.54 bits per heavy atom. The summed E-state index contributed by atoms with van der Waals surface area (Å²) < 4.78 is 60.2. The second-order valence-corrected chi connectivity index (χ2v) is 9.95. The summed E-state index contributed by atoms with van der Waals surface area (Å²) in [5.74, 6) is -1.58. The van der Waals surface area contributed by atoms with E-state index < -0.39 is 68.1 Å². The second kappa shape index (κ2) is 11.6. The predicted octanol–water partition coefficient (Wildman–Crippen LogP) is 1.22. The van der Waals surface area contributed by atoms with Gasteiger partial charge in [0.15, 0.2) is 18.5 Å². The lowest BCUT2D eigenvalue weighted by atomic mass is 10.1. The molecular formula is C20H28FN2O11P. The van der Waals surface area contributed by atoms with Crippen LogP contribution in [0.3, 0.4) is 0 Å². The van der Waals surface area contributed by atoms with E-state index in [0.717, 1.165) is 16.8 Å². The number of phosphoric ester groups is 1. The van der Waals surface area contributed by atoms with Gasteiger partial charge in [0.1, 0.15) is 6.10 Å². The summed E-state index contributed by atoms with van der Waals surface area (Å²) in [6, 6.07) is 1.00. The number of alkyl halides is 1. The van der Waals surface area contributed by atoms with E-state index in [0.29, 0.717) is 0 Å². The first-order valence-corrected chi connectivity index (χ1v) is 12.5. The maximum absolute atomic E-state index is 15.2. The first-order valence-electron chi connectivity index (χ1n) is 11.0. The summed E-state index contributed by atoms with van der Waals surface area (Å²) in [4.78, 5) is 49.0. The first kappa shape index (κ1) is 27.2. The van der Waals surface area contributed by atoms with Gasteiger partial charge in [-0.15, -0.1) is 0 Å². The molecular weight excluding hydrogens is 494 g/mol. The lowest BCUT2D eigenvalue weighted by Crippen LogP contribution is -2.38. The van der Waals surface area contributed by atoms with Crippen LogP contribution in [-0.4, -0.2) is 65.8 Å². The highest BCUT2D eigenvalue weighted by Gasteiger charge is 2.50. The van der Waals surface area contributed by atoms with Gasteiger partial charge < -0.3 is 14.2 Å². The maximum atomic E-state index is 15.2. The third kappa shape index (κ3) is 7.07. The number of nitrogens with zero attached hydrogens (tertiary/aromatic N) is 1. The van der Waals surface area contributed by atoms with Crippen LogP contribution in [0.5, 0.6) is 0 Å². The minimum atomic E-state index is -4.08. The summed E-state index contributed by atoms with van der Waals surface area (Å²) in [5, 5.41) is 0. The van der Waals surface area contributed by atoms with Crippen molar-refractivity contribution in [1.29, 1.82) is 0 Å². The molecule has 1 aromatic heterocycles. The molecule has 0 spiro atoms. The van der Waals surface area contributed by atoms with Gasteiger partial charge in [0.05, 0.1) is 32.3 Å². The number of carbonyl (C=O) groups excluding carboxylic acids is 2. The molecule has 0 saturated carbocycles. The number of ether oxygens (including phenoxy) is 3.